The van der Waals surface area contributed by atoms with E-state index in [1.165, 1.54) is 0 Å². The third-order valence-corrected chi connectivity index (χ3v) is 2.59. The van der Waals surface area contributed by atoms with E-state index in [2.05, 4.69) is 10.3 Å². The van der Waals surface area contributed by atoms with E-state index in [1.807, 2.05) is 13.0 Å². The van der Waals surface area contributed by atoms with Crippen LogP contribution in [0.15, 0.2) is 12.3 Å². The molecule has 17 heavy (non-hydrogen) atoms. The van der Waals surface area contributed by atoms with Crippen LogP contribution in [0.3, 0.4) is 0 Å². The lowest BCUT2D eigenvalue weighted by Crippen LogP contribution is -2.37. The zero-order valence-corrected chi connectivity index (χ0v) is 10.7. The minimum absolute atomic E-state index is 0.370. The van der Waals surface area contributed by atoms with Crippen LogP contribution in [0.5, 0.6) is 0 Å². The summed E-state index contributed by atoms with van der Waals surface area (Å²) in [5, 5.41) is 13.5. The van der Waals surface area contributed by atoms with Gasteiger partial charge in [-0.3, -0.25) is 0 Å². The van der Waals surface area contributed by atoms with E-state index in [0.717, 1.165) is 5.56 Å². The predicted octanol–water partition coefficient (Wildman–Crippen LogP) is 0.416. The standard InChI is InChI=1S/C12H21N3O2/c1-9-6-10(11(13)15-7-9)12(2,16)8-14-4-5-17-3/h6-7,14,16H,4-5,8H2,1-3H3,(H2,13,15). The Hall–Kier alpha value is -1.17. The zero-order valence-electron chi connectivity index (χ0n) is 10.7. The molecule has 0 aromatic carbocycles. The third kappa shape index (κ3) is 3.96. The molecule has 0 spiro atoms. The van der Waals surface area contributed by atoms with E-state index in [1.54, 1.807) is 20.2 Å². The van der Waals surface area contributed by atoms with Crippen LogP contribution >= 0.6 is 0 Å². The number of pyridine rings is 1. The summed E-state index contributed by atoms with van der Waals surface area (Å²) >= 11 is 0. The molecule has 0 saturated heterocycles. The average molecular weight is 239 g/mol. The molecular weight excluding hydrogens is 218 g/mol. The molecule has 1 aromatic rings. The van der Waals surface area contributed by atoms with Gasteiger partial charge in [0.1, 0.15) is 11.4 Å². The highest BCUT2D eigenvalue weighted by Crippen LogP contribution is 2.24. The fourth-order valence-corrected chi connectivity index (χ4v) is 1.61. The summed E-state index contributed by atoms with van der Waals surface area (Å²) in [6, 6.07) is 1.86. The molecule has 5 nitrogen and oxygen atoms in total. The number of hydrogen-bond donors (Lipinski definition) is 3. The van der Waals surface area contributed by atoms with Crippen LogP contribution in [0.1, 0.15) is 18.1 Å². The molecule has 0 aliphatic carbocycles. The van der Waals surface area contributed by atoms with Crippen molar-refractivity contribution < 1.29 is 9.84 Å². The second kappa shape index (κ2) is 5.95. The van der Waals surface area contributed by atoms with Crippen molar-refractivity contribution in [3.8, 4) is 0 Å². The molecule has 0 fully saturated rings. The van der Waals surface area contributed by atoms with Gasteiger partial charge in [0.05, 0.1) is 6.61 Å². The van der Waals surface area contributed by atoms with E-state index < -0.39 is 5.60 Å². The van der Waals surface area contributed by atoms with Crippen LogP contribution < -0.4 is 11.1 Å². The normalized spacial score (nSPS) is 14.6. The number of aryl methyl sites for hydroxylation is 1. The average Bonchev–Trinajstić information content (AvgIpc) is 2.28. The molecule has 96 valence electrons. The Bertz CT molecular complexity index is 367. The van der Waals surface area contributed by atoms with Crippen LogP contribution in [0.4, 0.5) is 5.82 Å². The van der Waals surface area contributed by atoms with Gasteiger partial charge in [-0.15, -0.1) is 0 Å². The van der Waals surface area contributed by atoms with Crippen LogP contribution in [0.25, 0.3) is 0 Å². The Balaban J connectivity index is 2.71. The summed E-state index contributed by atoms with van der Waals surface area (Å²) in [7, 11) is 1.64. The molecular formula is C12H21N3O2. The second-order valence-corrected chi connectivity index (χ2v) is 4.39. The Morgan fingerprint density at radius 1 is 1.59 bits per heavy atom. The molecule has 1 atom stereocenters. The number of rotatable bonds is 6. The number of anilines is 1. The number of nitrogen functional groups attached to an aromatic ring is 1. The Kier molecular flexibility index (Phi) is 4.86. The first-order chi connectivity index (χ1) is 7.97. The van der Waals surface area contributed by atoms with Crippen molar-refractivity contribution >= 4 is 5.82 Å². The number of nitrogens with one attached hydrogen (secondary N) is 1. The number of aromatic nitrogens is 1. The largest absolute Gasteiger partial charge is 0.384 e. The molecule has 1 rings (SSSR count). The first-order valence-electron chi connectivity index (χ1n) is 5.62. The van der Waals surface area contributed by atoms with E-state index in [-0.39, 0.29) is 0 Å². The number of nitrogens with zero attached hydrogens (tertiary/aromatic N) is 1. The van der Waals surface area contributed by atoms with Gasteiger partial charge in [0.2, 0.25) is 0 Å². The number of aliphatic hydroxyl groups is 1. The highest BCUT2D eigenvalue weighted by atomic mass is 16.5. The summed E-state index contributed by atoms with van der Waals surface area (Å²) in [4.78, 5) is 4.05. The molecule has 0 saturated carbocycles. The Labute approximate surface area is 102 Å². The summed E-state index contributed by atoms with van der Waals surface area (Å²) < 4.78 is 4.92. The summed E-state index contributed by atoms with van der Waals surface area (Å²) in [5.41, 5.74) is 6.38. The van der Waals surface area contributed by atoms with Gasteiger partial charge in [-0.25, -0.2) is 4.98 Å². The highest BCUT2D eigenvalue weighted by Gasteiger charge is 2.25. The SMILES string of the molecule is COCCNCC(C)(O)c1cc(C)cnc1N. The maximum atomic E-state index is 10.4. The van der Waals surface area contributed by atoms with Gasteiger partial charge in [-0.2, -0.15) is 0 Å². The van der Waals surface area contributed by atoms with Crippen molar-refractivity contribution in [1.29, 1.82) is 0 Å². The van der Waals surface area contributed by atoms with Crippen molar-refractivity contribution in [1.82, 2.24) is 10.3 Å². The zero-order chi connectivity index (χ0) is 12.9. The fourth-order valence-electron chi connectivity index (χ4n) is 1.61. The predicted molar refractivity (Wildman–Crippen MR) is 67.7 cm³/mol. The van der Waals surface area contributed by atoms with Gasteiger partial charge in [0.15, 0.2) is 0 Å². The Morgan fingerprint density at radius 3 is 2.94 bits per heavy atom. The van der Waals surface area contributed by atoms with Crippen LogP contribution in [-0.4, -0.2) is 36.9 Å². The molecule has 1 heterocycles. The first-order valence-corrected chi connectivity index (χ1v) is 5.62. The van der Waals surface area contributed by atoms with Crippen molar-refractivity contribution in [2.24, 2.45) is 0 Å². The lowest BCUT2D eigenvalue weighted by molar-refractivity contribution is 0.0554. The molecule has 0 aliphatic heterocycles. The van der Waals surface area contributed by atoms with Gasteiger partial charge >= 0.3 is 0 Å². The molecule has 4 N–H and O–H groups in total. The maximum absolute atomic E-state index is 10.4. The van der Waals surface area contributed by atoms with Crippen LogP contribution in [0, 0.1) is 6.92 Å². The summed E-state index contributed by atoms with van der Waals surface area (Å²) in [6.07, 6.45) is 1.69. The lowest BCUT2D eigenvalue weighted by atomic mass is 9.95. The Morgan fingerprint density at radius 2 is 2.29 bits per heavy atom. The number of hydrogen-bond acceptors (Lipinski definition) is 5. The molecule has 0 bridgehead atoms. The van der Waals surface area contributed by atoms with Crippen molar-refractivity contribution in [2.75, 3.05) is 32.5 Å². The highest BCUT2D eigenvalue weighted by molar-refractivity contribution is 5.44. The van der Waals surface area contributed by atoms with E-state index in [9.17, 15) is 5.11 Å². The van der Waals surface area contributed by atoms with E-state index >= 15 is 0 Å². The van der Waals surface area contributed by atoms with E-state index in [0.29, 0.717) is 31.1 Å². The van der Waals surface area contributed by atoms with Gasteiger partial charge in [0, 0.05) is 32.0 Å². The fraction of sp³-hybridized carbons (Fsp3) is 0.583. The van der Waals surface area contributed by atoms with Crippen LogP contribution in [0.2, 0.25) is 0 Å². The lowest BCUT2D eigenvalue weighted by Gasteiger charge is -2.25. The topological polar surface area (TPSA) is 80.4 Å². The molecule has 0 aliphatic rings. The number of nitrogens with two attached hydrogens (primary N) is 1. The minimum Gasteiger partial charge on any atom is -0.384 e. The quantitative estimate of drug-likeness (QED) is 0.627. The monoisotopic (exact) mass is 239 g/mol. The van der Waals surface area contributed by atoms with E-state index in [4.69, 9.17) is 10.5 Å². The van der Waals surface area contributed by atoms with Crippen LogP contribution in [-0.2, 0) is 10.3 Å². The first kappa shape index (κ1) is 13.9. The minimum atomic E-state index is -1.03. The number of ether oxygens (including phenoxy) is 1. The maximum Gasteiger partial charge on any atom is 0.129 e. The van der Waals surface area contributed by atoms with Crippen molar-refractivity contribution in [3.05, 3.63) is 23.4 Å². The molecule has 5 heteroatoms. The summed E-state index contributed by atoms with van der Waals surface area (Å²) in [5.74, 6) is 0.370. The van der Waals surface area contributed by atoms with Gasteiger partial charge in [-0.05, 0) is 25.5 Å². The van der Waals surface area contributed by atoms with Gasteiger partial charge in [-0.1, -0.05) is 0 Å². The molecule has 0 amide bonds. The van der Waals surface area contributed by atoms with Crippen molar-refractivity contribution in [2.45, 2.75) is 19.4 Å². The number of methoxy groups -OCH3 is 1. The van der Waals surface area contributed by atoms with Gasteiger partial charge in [0.25, 0.3) is 0 Å². The van der Waals surface area contributed by atoms with Crippen molar-refractivity contribution in [3.63, 3.8) is 0 Å². The molecule has 1 unspecified atom stereocenters. The molecule has 0 radical (unpaired) electrons. The van der Waals surface area contributed by atoms with Gasteiger partial charge < -0.3 is 20.9 Å². The summed E-state index contributed by atoms with van der Waals surface area (Å²) in [6.45, 7) is 5.35. The molecule has 1 aromatic heterocycles. The third-order valence-electron chi connectivity index (χ3n) is 2.59. The smallest absolute Gasteiger partial charge is 0.129 e. The second-order valence-electron chi connectivity index (χ2n) is 4.39.